The third kappa shape index (κ3) is 7.28. The lowest BCUT2D eigenvalue weighted by Crippen LogP contribution is -2.52. The number of benzene rings is 1. The SMILES string of the molecule is CCNC(=NCc1cccc(NC(=O)C2CCCCC2)c1)N1CCN(c2ncccn2)CC1.I. The van der Waals surface area contributed by atoms with Gasteiger partial charge in [-0.05, 0) is 43.5 Å². The van der Waals surface area contributed by atoms with Crippen molar-refractivity contribution in [3.05, 3.63) is 48.3 Å². The highest BCUT2D eigenvalue weighted by Gasteiger charge is 2.22. The average molecular weight is 578 g/mol. The summed E-state index contributed by atoms with van der Waals surface area (Å²) in [5.74, 6) is 2.01. The van der Waals surface area contributed by atoms with E-state index in [9.17, 15) is 4.79 Å². The van der Waals surface area contributed by atoms with Crippen LogP contribution in [0.5, 0.6) is 0 Å². The molecule has 8 nitrogen and oxygen atoms in total. The Balaban J connectivity index is 0.00000324. The minimum Gasteiger partial charge on any atom is -0.357 e. The highest BCUT2D eigenvalue weighted by molar-refractivity contribution is 14.0. The molecule has 1 saturated heterocycles. The normalized spacial score (nSPS) is 17.1. The van der Waals surface area contributed by atoms with Crippen LogP contribution in [0, 0.1) is 5.92 Å². The standard InChI is InChI=1S/C25H35N7O.HI/c1-2-26-24(31-14-16-32(17-15-31)25-27-12-7-13-28-25)29-19-20-8-6-11-22(18-20)30-23(33)21-9-4-3-5-10-21;/h6-8,11-13,18,21H,2-5,9-10,14-17,19H2,1H3,(H,26,29)(H,30,33);1H. The molecule has 4 rings (SSSR count). The van der Waals surface area contributed by atoms with Gasteiger partial charge in [-0.15, -0.1) is 24.0 Å². The fourth-order valence-corrected chi connectivity index (χ4v) is 4.52. The zero-order valence-corrected chi connectivity index (χ0v) is 22.3. The average Bonchev–Trinajstić information content (AvgIpc) is 2.88. The van der Waals surface area contributed by atoms with Gasteiger partial charge in [0.05, 0.1) is 6.54 Å². The molecule has 0 unspecified atom stereocenters. The number of amides is 1. The van der Waals surface area contributed by atoms with Crippen LogP contribution in [0.1, 0.15) is 44.6 Å². The number of hydrogen-bond donors (Lipinski definition) is 2. The van der Waals surface area contributed by atoms with Crippen LogP contribution < -0.4 is 15.5 Å². The molecule has 0 atom stereocenters. The summed E-state index contributed by atoms with van der Waals surface area (Å²) < 4.78 is 0. The number of nitrogens with one attached hydrogen (secondary N) is 2. The van der Waals surface area contributed by atoms with E-state index in [1.807, 2.05) is 24.3 Å². The maximum absolute atomic E-state index is 12.6. The fraction of sp³-hybridized carbons (Fsp3) is 0.520. The Labute approximate surface area is 219 Å². The van der Waals surface area contributed by atoms with Crippen molar-refractivity contribution < 1.29 is 4.79 Å². The molecule has 1 aromatic heterocycles. The van der Waals surface area contributed by atoms with Crippen molar-refractivity contribution in [2.45, 2.75) is 45.6 Å². The van der Waals surface area contributed by atoms with E-state index in [1.54, 1.807) is 12.4 Å². The molecule has 2 aliphatic rings. The molecule has 184 valence electrons. The van der Waals surface area contributed by atoms with Crippen molar-refractivity contribution >= 4 is 47.5 Å². The van der Waals surface area contributed by atoms with Gasteiger partial charge in [0.1, 0.15) is 0 Å². The molecule has 2 heterocycles. The van der Waals surface area contributed by atoms with Gasteiger partial charge < -0.3 is 20.4 Å². The van der Waals surface area contributed by atoms with Gasteiger partial charge in [0, 0.05) is 56.7 Å². The maximum atomic E-state index is 12.6. The number of carbonyl (C=O) groups is 1. The van der Waals surface area contributed by atoms with Crippen molar-refractivity contribution in [1.82, 2.24) is 20.2 Å². The van der Waals surface area contributed by atoms with Gasteiger partial charge in [-0.3, -0.25) is 4.79 Å². The second kappa shape index (κ2) is 13.5. The second-order valence-electron chi connectivity index (χ2n) is 8.72. The first-order chi connectivity index (χ1) is 16.2. The summed E-state index contributed by atoms with van der Waals surface area (Å²) in [6.07, 6.45) is 9.15. The maximum Gasteiger partial charge on any atom is 0.227 e. The van der Waals surface area contributed by atoms with Gasteiger partial charge in [0.2, 0.25) is 11.9 Å². The van der Waals surface area contributed by atoms with E-state index in [4.69, 9.17) is 4.99 Å². The molecule has 2 fully saturated rings. The first-order valence-electron chi connectivity index (χ1n) is 12.2. The highest BCUT2D eigenvalue weighted by atomic mass is 127. The fourth-order valence-electron chi connectivity index (χ4n) is 4.52. The summed E-state index contributed by atoms with van der Waals surface area (Å²) in [4.78, 5) is 30.7. The summed E-state index contributed by atoms with van der Waals surface area (Å²) in [7, 11) is 0. The molecule has 0 radical (unpaired) electrons. The van der Waals surface area contributed by atoms with Gasteiger partial charge in [0.15, 0.2) is 5.96 Å². The van der Waals surface area contributed by atoms with Crippen LogP contribution in [0.25, 0.3) is 0 Å². The van der Waals surface area contributed by atoms with Gasteiger partial charge >= 0.3 is 0 Å². The third-order valence-corrected chi connectivity index (χ3v) is 6.33. The molecular weight excluding hydrogens is 541 g/mol. The number of aromatic nitrogens is 2. The predicted octanol–water partition coefficient (Wildman–Crippen LogP) is 3.90. The van der Waals surface area contributed by atoms with Crippen molar-refractivity contribution in [3.63, 3.8) is 0 Å². The molecule has 2 N–H and O–H groups in total. The highest BCUT2D eigenvalue weighted by Crippen LogP contribution is 2.25. The van der Waals surface area contributed by atoms with Crippen molar-refractivity contribution in [2.75, 3.05) is 42.9 Å². The summed E-state index contributed by atoms with van der Waals surface area (Å²) in [6.45, 7) is 6.91. The number of guanidine groups is 1. The van der Waals surface area contributed by atoms with Crippen LogP contribution in [0.3, 0.4) is 0 Å². The zero-order valence-electron chi connectivity index (χ0n) is 19.9. The van der Waals surface area contributed by atoms with Crippen molar-refractivity contribution in [1.29, 1.82) is 0 Å². The zero-order chi connectivity index (χ0) is 22.9. The van der Waals surface area contributed by atoms with Gasteiger partial charge in [0.25, 0.3) is 0 Å². The minimum absolute atomic E-state index is 0. The first-order valence-corrected chi connectivity index (χ1v) is 12.2. The lowest BCUT2D eigenvalue weighted by Gasteiger charge is -2.36. The Morgan fingerprint density at radius 2 is 1.79 bits per heavy atom. The molecule has 9 heteroatoms. The van der Waals surface area contributed by atoms with E-state index in [0.29, 0.717) is 6.54 Å². The summed E-state index contributed by atoms with van der Waals surface area (Å²) in [5.41, 5.74) is 1.95. The Morgan fingerprint density at radius 1 is 1.06 bits per heavy atom. The lowest BCUT2D eigenvalue weighted by molar-refractivity contribution is -0.120. The number of nitrogens with zero attached hydrogens (tertiary/aromatic N) is 5. The van der Waals surface area contributed by atoms with Crippen LogP contribution in [0.4, 0.5) is 11.6 Å². The third-order valence-electron chi connectivity index (χ3n) is 6.33. The monoisotopic (exact) mass is 577 g/mol. The van der Waals surface area contributed by atoms with Crippen LogP contribution in [0.2, 0.25) is 0 Å². The number of carbonyl (C=O) groups excluding carboxylic acids is 1. The number of aliphatic imine (C=N–C) groups is 1. The van der Waals surface area contributed by atoms with E-state index < -0.39 is 0 Å². The van der Waals surface area contributed by atoms with Crippen LogP contribution in [-0.2, 0) is 11.3 Å². The molecule has 1 aromatic carbocycles. The molecule has 2 aromatic rings. The molecule has 1 amide bonds. The Bertz CT molecular complexity index is 926. The van der Waals surface area contributed by atoms with Gasteiger partial charge in [-0.2, -0.15) is 0 Å². The number of halogens is 1. The van der Waals surface area contributed by atoms with E-state index in [0.717, 1.165) is 81.6 Å². The van der Waals surface area contributed by atoms with Crippen molar-refractivity contribution in [2.24, 2.45) is 10.9 Å². The number of rotatable bonds is 6. The van der Waals surface area contributed by atoms with Gasteiger partial charge in [-0.1, -0.05) is 31.4 Å². The Hall–Kier alpha value is -2.43. The van der Waals surface area contributed by atoms with Crippen LogP contribution in [-0.4, -0.2) is 59.5 Å². The van der Waals surface area contributed by atoms with Gasteiger partial charge in [-0.25, -0.2) is 15.0 Å². The van der Waals surface area contributed by atoms with Crippen LogP contribution in [0.15, 0.2) is 47.7 Å². The minimum atomic E-state index is 0. The molecule has 1 aliphatic carbocycles. The molecular formula is C25H36IN7O. The Morgan fingerprint density at radius 3 is 2.50 bits per heavy atom. The first kappa shape index (κ1) is 26.2. The molecule has 0 bridgehead atoms. The number of hydrogen-bond acceptors (Lipinski definition) is 5. The lowest BCUT2D eigenvalue weighted by atomic mass is 9.88. The van der Waals surface area contributed by atoms with E-state index in [2.05, 4.69) is 43.4 Å². The smallest absolute Gasteiger partial charge is 0.227 e. The van der Waals surface area contributed by atoms with E-state index in [-0.39, 0.29) is 35.8 Å². The molecule has 0 spiro atoms. The van der Waals surface area contributed by atoms with Crippen molar-refractivity contribution in [3.8, 4) is 0 Å². The largest absolute Gasteiger partial charge is 0.357 e. The topological polar surface area (TPSA) is 85.8 Å². The quantitative estimate of drug-likeness (QED) is 0.308. The van der Waals surface area contributed by atoms with E-state index in [1.165, 1.54) is 6.42 Å². The predicted molar refractivity (Wildman–Crippen MR) is 148 cm³/mol. The number of anilines is 2. The summed E-state index contributed by atoms with van der Waals surface area (Å²) >= 11 is 0. The Kier molecular flexibility index (Phi) is 10.4. The second-order valence-corrected chi connectivity index (χ2v) is 8.72. The molecule has 34 heavy (non-hydrogen) atoms. The van der Waals surface area contributed by atoms with E-state index >= 15 is 0 Å². The summed E-state index contributed by atoms with van der Waals surface area (Å²) in [5, 5.41) is 6.54. The van der Waals surface area contributed by atoms with Crippen LogP contribution >= 0.6 is 24.0 Å². The summed E-state index contributed by atoms with van der Waals surface area (Å²) in [6, 6.07) is 9.90. The number of piperazine rings is 1. The molecule has 1 saturated carbocycles. The molecule has 1 aliphatic heterocycles.